The molecule has 3 N–H and O–H groups in total. The highest BCUT2D eigenvalue weighted by atomic mass is 16.7. The van der Waals surface area contributed by atoms with Gasteiger partial charge in [0.2, 0.25) is 0 Å². The number of rotatable bonds is 10. The lowest BCUT2D eigenvalue weighted by Gasteiger charge is -2.36. The molecule has 8 nitrogen and oxygen atoms in total. The van der Waals surface area contributed by atoms with Crippen molar-refractivity contribution in [3.05, 3.63) is 12.2 Å². The van der Waals surface area contributed by atoms with Crippen LogP contribution in [0.15, 0.2) is 12.2 Å². The molecule has 2 fully saturated rings. The molecule has 8 heteroatoms. The van der Waals surface area contributed by atoms with E-state index in [0.29, 0.717) is 38.7 Å². The number of esters is 1. The third kappa shape index (κ3) is 12.9. The molecular weight excluding hydrogens is 536 g/mol. The maximum atomic E-state index is 12.6. The fraction of sp³-hybridized carbons (Fsp3) is 0.912. The molecule has 2 saturated heterocycles. The summed E-state index contributed by atoms with van der Waals surface area (Å²) < 4.78 is 24.0. The summed E-state index contributed by atoms with van der Waals surface area (Å²) >= 11 is 0. The van der Waals surface area contributed by atoms with Crippen molar-refractivity contribution in [2.24, 2.45) is 5.92 Å². The van der Waals surface area contributed by atoms with E-state index in [9.17, 15) is 20.1 Å². The van der Waals surface area contributed by atoms with Crippen molar-refractivity contribution in [1.29, 1.82) is 0 Å². The van der Waals surface area contributed by atoms with Crippen LogP contribution in [0, 0.1) is 5.92 Å². The largest absolute Gasteiger partial charge is 0.460 e. The van der Waals surface area contributed by atoms with Gasteiger partial charge >= 0.3 is 5.97 Å². The summed E-state index contributed by atoms with van der Waals surface area (Å²) in [5.74, 6) is -0.622. The molecule has 4 bridgehead atoms. The minimum absolute atomic E-state index is 0.0320. The van der Waals surface area contributed by atoms with Crippen LogP contribution in [-0.4, -0.2) is 76.9 Å². The number of carbonyl (C=O) groups excluding carboxylic acids is 1. The van der Waals surface area contributed by atoms with Crippen molar-refractivity contribution in [3.63, 3.8) is 0 Å². The molecule has 0 radical (unpaired) electrons. The van der Waals surface area contributed by atoms with Gasteiger partial charge in [0.05, 0.1) is 49.7 Å². The first-order valence-electron chi connectivity index (χ1n) is 17.1. The number of fused-ring (bicyclic) bond motifs is 4. The first kappa shape index (κ1) is 35.4. The zero-order valence-corrected chi connectivity index (χ0v) is 26.4. The lowest BCUT2D eigenvalue weighted by Crippen LogP contribution is -2.38. The Balaban J connectivity index is 1.66. The van der Waals surface area contributed by atoms with E-state index >= 15 is 0 Å². The molecule has 0 aromatic heterocycles. The molecule has 3 aliphatic heterocycles. The Hall–Kier alpha value is -1.03. The van der Waals surface area contributed by atoms with Gasteiger partial charge in [-0.15, -0.1) is 0 Å². The maximum Gasteiger partial charge on any atom is 0.308 e. The van der Waals surface area contributed by atoms with Crippen molar-refractivity contribution >= 4 is 5.97 Å². The van der Waals surface area contributed by atoms with Crippen LogP contribution in [0.5, 0.6) is 0 Å². The van der Waals surface area contributed by atoms with Gasteiger partial charge in [0.25, 0.3) is 0 Å². The Kier molecular flexibility index (Phi) is 16.4. The fourth-order valence-electron chi connectivity index (χ4n) is 6.73. The summed E-state index contributed by atoms with van der Waals surface area (Å²) in [5.41, 5.74) is -0.918. The molecule has 0 spiro atoms. The summed E-state index contributed by atoms with van der Waals surface area (Å²) in [6.45, 7) is 4.63. The molecule has 244 valence electrons. The van der Waals surface area contributed by atoms with Crippen LogP contribution in [0.3, 0.4) is 0 Å². The minimum Gasteiger partial charge on any atom is -0.460 e. The highest BCUT2D eigenvalue weighted by Gasteiger charge is 2.34. The van der Waals surface area contributed by atoms with Gasteiger partial charge in [0.15, 0.2) is 6.29 Å². The second kappa shape index (κ2) is 19.4. The van der Waals surface area contributed by atoms with E-state index < -0.39 is 30.1 Å². The predicted molar refractivity (Wildman–Crippen MR) is 163 cm³/mol. The zero-order valence-electron chi connectivity index (χ0n) is 26.4. The molecule has 3 rings (SSSR count). The molecule has 0 amide bonds. The van der Waals surface area contributed by atoms with Crippen molar-refractivity contribution in [2.75, 3.05) is 13.2 Å². The van der Waals surface area contributed by atoms with E-state index in [1.54, 1.807) is 0 Å². The predicted octanol–water partition coefficient (Wildman–Crippen LogP) is 6.13. The summed E-state index contributed by atoms with van der Waals surface area (Å²) in [6.07, 6.45) is 18.7. The normalized spacial score (nSPS) is 36.6. The average molecular weight is 597 g/mol. The van der Waals surface area contributed by atoms with E-state index in [0.717, 1.165) is 44.9 Å². The Bertz CT molecular complexity index is 775. The maximum absolute atomic E-state index is 12.6. The van der Waals surface area contributed by atoms with Crippen molar-refractivity contribution in [1.82, 2.24) is 0 Å². The Morgan fingerprint density at radius 1 is 0.881 bits per heavy atom. The van der Waals surface area contributed by atoms with E-state index in [1.807, 2.05) is 12.2 Å². The third-order valence-corrected chi connectivity index (χ3v) is 9.45. The Morgan fingerprint density at radius 2 is 1.57 bits per heavy atom. The minimum atomic E-state index is -0.918. The molecular formula is C34H60O8. The number of cyclic esters (lactones) is 1. The van der Waals surface area contributed by atoms with Crippen LogP contribution >= 0.6 is 0 Å². The van der Waals surface area contributed by atoms with Crippen LogP contribution in [0.4, 0.5) is 0 Å². The van der Waals surface area contributed by atoms with E-state index in [-0.39, 0.29) is 37.3 Å². The number of ether oxygens (including phenoxy) is 4. The van der Waals surface area contributed by atoms with E-state index in [4.69, 9.17) is 18.9 Å². The third-order valence-electron chi connectivity index (χ3n) is 9.45. The second-order valence-electron chi connectivity index (χ2n) is 13.1. The zero-order chi connectivity index (χ0) is 30.2. The topological polar surface area (TPSA) is 115 Å². The molecule has 3 aliphatic rings. The first-order chi connectivity index (χ1) is 20.3. The van der Waals surface area contributed by atoms with Gasteiger partial charge < -0.3 is 34.3 Å². The van der Waals surface area contributed by atoms with Gasteiger partial charge in [-0.3, -0.25) is 4.79 Å². The van der Waals surface area contributed by atoms with Gasteiger partial charge in [0, 0.05) is 12.3 Å². The number of unbranched alkanes of at least 4 members (excludes halogenated alkanes) is 7. The quantitative estimate of drug-likeness (QED) is 0.157. The van der Waals surface area contributed by atoms with Crippen LogP contribution in [-0.2, 0) is 23.7 Å². The molecule has 0 saturated carbocycles. The smallest absolute Gasteiger partial charge is 0.308 e. The van der Waals surface area contributed by atoms with Crippen molar-refractivity contribution < 1.29 is 39.1 Å². The van der Waals surface area contributed by atoms with Gasteiger partial charge in [-0.1, -0.05) is 71.3 Å². The molecule has 0 unspecified atom stereocenters. The Morgan fingerprint density at radius 3 is 2.31 bits per heavy atom. The monoisotopic (exact) mass is 596 g/mol. The van der Waals surface area contributed by atoms with Crippen LogP contribution < -0.4 is 0 Å². The highest BCUT2D eigenvalue weighted by Crippen LogP contribution is 2.33. The first-order valence-corrected chi connectivity index (χ1v) is 17.1. The summed E-state index contributed by atoms with van der Waals surface area (Å²) in [4.78, 5) is 12.6. The molecule has 0 aromatic carbocycles. The van der Waals surface area contributed by atoms with Gasteiger partial charge in [0.1, 0.15) is 6.10 Å². The van der Waals surface area contributed by atoms with Gasteiger partial charge in [-0.05, 0) is 63.9 Å². The lowest BCUT2D eigenvalue weighted by atomic mass is 9.79. The number of carbonyl (C=O) groups is 1. The fourth-order valence-corrected chi connectivity index (χ4v) is 6.73. The summed E-state index contributed by atoms with van der Waals surface area (Å²) in [6, 6.07) is 0. The second-order valence-corrected chi connectivity index (χ2v) is 13.1. The number of hydrogen-bond donors (Lipinski definition) is 3. The van der Waals surface area contributed by atoms with Gasteiger partial charge in [-0.2, -0.15) is 0 Å². The van der Waals surface area contributed by atoms with E-state index in [2.05, 4.69) is 13.8 Å². The molecule has 0 aliphatic carbocycles. The molecule has 42 heavy (non-hydrogen) atoms. The number of aliphatic hydroxyl groups excluding tert-OH is 2. The summed E-state index contributed by atoms with van der Waals surface area (Å²) in [7, 11) is 0. The summed E-state index contributed by atoms with van der Waals surface area (Å²) in [5, 5.41) is 32.4. The Labute approximate surface area is 254 Å². The van der Waals surface area contributed by atoms with E-state index in [1.165, 1.54) is 38.5 Å². The number of hydrogen-bond acceptors (Lipinski definition) is 8. The van der Waals surface area contributed by atoms with Crippen LogP contribution in [0.25, 0.3) is 0 Å². The lowest BCUT2D eigenvalue weighted by molar-refractivity contribution is -0.199. The molecule has 8 atom stereocenters. The van der Waals surface area contributed by atoms with Crippen molar-refractivity contribution in [2.45, 2.75) is 178 Å². The molecule has 3 heterocycles. The standard InChI is InChI=1S/C34H60O8/c1-3-4-5-6-7-8-9-10-19-34(38)20-12-15-31(25-35)41-32(37)23-27(36)22-28-13-11-14-29(40-28)24-30-18-21-39-33(42-30)17-16-26(34)2/h16-17,26-31,33,35-36,38H,3-15,18-25H2,1-2H3/b17-16+/t26-,27+,28-,29+,30-,31+,33-,34-/m0/s1. The van der Waals surface area contributed by atoms with Crippen LogP contribution in [0.1, 0.15) is 136 Å². The van der Waals surface area contributed by atoms with Crippen LogP contribution in [0.2, 0.25) is 0 Å². The average Bonchev–Trinajstić information content (AvgIpc) is 2.96. The SMILES string of the molecule is CCCCCCCCCC[C@]1(O)CCC[C@H](CO)OC(=O)C[C@H](O)C[C@@H]2CCC[C@H](C[C@@H]3CCO[C@H](/C=C/[C@@H]1C)O3)O2. The van der Waals surface area contributed by atoms with Crippen molar-refractivity contribution in [3.8, 4) is 0 Å². The highest BCUT2D eigenvalue weighted by molar-refractivity contribution is 5.70. The molecule has 0 aromatic rings. The van der Waals surface area contributed by atoms with Gasteiger partial charge in [-0.25, -0.2) is 0 Å². The number of aliphatic hydroxyl groups is 3.